The van der Waals surface area contributed by atoms with Crippen LogP contribution in [0.25, 0.3) is 0 Å². The summed E-state index contributed by atoms with van der Waals surface area (Å²) < 4.78 is 11.0. The van der Waals surface area contributed by atoms with Crippen molar-refractivity contribution in [3.05, 3.63) is 91.5 Å². The molecule has 0 radical (unpaired) electrons. The van der Waals surface area contributed by atoms with Crippen molar-refractivity contribution < 1.29 is 28.9 Å². The molecule has 0 bridgehead atoms. The Morgan fingerprint density at radius 2 is 1.76 bits per heavy atom. The molecule has 0 saturated carbocycles. The average molecular weight is 454 g/mol. The van der Waals surface area contributed by atoms with Gasteiger partial charge in [0.25, 0.3) is 11.4 Å². The highest BCUT2D eigenvalue weighted by Crippen LogP contribution is 2.30. The Kier molecular flexibility index (Phi) is 7.50. The van der Waals surface area contributed by atoms with Crippen molar-refractivity contribution in [3.8, 4) is 0 Å². The number of carbonyl (C=O) groups excluding carboxylic acids is 2. The lowest BCUT2D eigenvalue weighted by molar-refractivity contribution is -0.394. The second kappa shape index (κ2) is 10.5. The topological polar surface area (TPSA) is 139 Å². The van der Waals surface area contributed by atoms with Crippen molar-refractivity contribution in [2.75, 3.05) is 0 Å². The van der Waals surface area contributed by atoms with Gasteiger partial charge in [-0.1, -0.05) is 30.3 Å². The SMILES string of the molecule is C[C@@H]1CCCc2ccccc2[C@@H](OC(=O)c2cc([N+](=O)[O-])cc([N+](=O)[O-])c2)C/C=C/C(=O)O1. The summed E-state index contributed by atoms with van der Waals surface area (Å²) in [6, 6.07) is 10.0. The molecule has 1 aliphatic heterocycles. The fourth-order valence-electron chi connectivity index (χ4n) is 3.60. The van der Waals surface area contributed by atoms with Crippen LogP contribution in [0.2, 0.25) is 0 Å². The van der Waals surface area contributed by atoms with Crippen molar-refractivity contribution in [2.24, 2.45) is 0 Å². The highest BCUT2D eigenvalue weighted by molar-refractivity contribution is 5.91. The second-order valence-corrected chi connectivity index (χ2v) is 7.62. The van der Waals surface area contributed by atoms with E-state index in [1.807, 2.05) is 25.1 Å². The Bertz CT molecular complexity index is 1080. The number of carbonyl (C=O) groups is 2. The zero-order valence-corrected chi connectivity index (χ0v) is 17.8. The van der Waals surface area contributed by atoms with Crippen LogP contribution >= 0.6 is 0 Å². The van der Waals surface area contributed by atoms with E-state index in [1.165, 1.54) is 12.2 Å². The Hall–Kier alpha value is -4.08. The van der Waals surface area contributed by atoms with E-state index < -0.39 is 39.3 Å². The van der Waals surface area contributed by atoms with Crippen molar-refractivity contribution in [3.63, 3.8) is 0 Å². The maximum Gasteiger partial charge on any atom is 0.339 e. The van der Waals surface area contributed by atoms with E-state index in [0.29, 0.717) is 12.8 Å². The molecule has 2 aromatic rings. The molecule has 0 fully saturated rings. The first kappa shape index (κ1) is 23.6. The van der Waals surface area contributed by atoms with Crippen LogP contribution in [0.5, 0.6) is 0 Å². The fourth-order valence-corrected chi connectivity index (χ4v) is 3.60. The number of esters is 2. The highest BCUT2D eigenvalue weighted by Gasteiger charge is 2.25. The minimum atomic E-state index is -0.946. The molecule has 3 rings (SSSR count). The standard InChI is InChI=1S/C23H22N2O8/c1-15-6-4-8-16-7-2-3-9-20(16)21(10-5-11-22(26)32-15)33-23(27)17-12-18(24(28)29)14-19(13-17)25(30)31/h2-3,5,7,9,11-15,21H,4,6,8,10H2,1H3/b11-5+/t15-,21+/m1/s1. The van der Waals surface area contributed by atoms with Gasteiger partial charge in [0, 0.05) is 24.6 Å². The third-order valence-corrected chi connectivity index (χ3v) is 5.19. The minimum Gasteiger partial charge on any atom is -0.460 e. The van der Waals surface area contributed by atoms with Gasteiger partial charge >= 0.3 is 11.9 Å². The Balaban J connectivity index is 1.95. The summed E-state index contributed by atoms with van der Waals surface area (Å²) in [5.41, 5.74) is 0.195. The normalized spacial score (nSPS) is 19.7. The molecule has 1 aliphatic rings. The maximum atomic E-state index is 12.9. The molecule has 0 aromatic heterocycles. The highest BCUT2D eigenvalue weighted by atomic mass is 16.6. The number of nitrogens with zero attached hydrogens (tertiary/aromatic N) is 2. The number of benzene rings is 2. The molecule has 10 nitrogen and oxygen atoms in total. The Morgan fingerprint density at radius 3 is 2.42 bits per heavy atom. The van der Waals surface area contributed by atoms with Gasteiger partial charge in [0.05, 0.1) is 27.6 Å². The summed E-state index contributed by atoms with van der Waals surface area (Å²) in [5.74, 6) is -1.45. The molecular weight excluding hydrogens is 432 g/mol. The van der Waals surface area contributed by atoms with Gasteiger partial charge < -0.3 is 9.47 Å². The van der Waals surface area contributed by atoms with Crippen LogP contribution in [0.15, 0.2) is 54.6 Å². The molecule has 0 aliphatic carbocycles. The molecule has 1 heterocycles. The van der Waals surface area contributed by atoms with Crippen LogP contribution in [0, 0.1) is 20.2 Å². The van der Waals surface area contributed by atoms with Gasteiger partial charge in [-0.05, 0) is 37.3 Å². The van der Waals surface area contributed by atoms with Gasteiger partial charge in [0.15, 0.2) is 0 Å². The summed E-state index contributed by atoms with van der Waals surface area (Å²) >= 11 is 0. The number of non-ortho nitro benzene ring substituents is 2. The number of cyclic esters (lactones) is 1. The third kappa shape index (κ3) is 6.22. The quantitative estimate of drug-likeness (QED) is 0.370. The number of rotatable bonds is 4. The van der Waals surface area contributed by atoms with Crippen LogP contribution in [-0.2, 0) is 20.7 Å². The first-order valence-corrected chi connectivity index (χ1v) is 10.3. The molecule has 2 atom stereocenters. The average Bonchev–Trinajstić information content (AvgIpc) is 2.77. The van der Waals surface area contributed by atoms with E-state index >= 15 is 0 Å². The zero-order chi connectivity index (χ0) is 24.0. The van der Waals surface area contributed by atoms with Crippen LogP contribution in [0.4, 0.5) is 11.4 Å². The summed E-state index contributed by atoms with van der Waals surface area (Å²) in [6.45, 7) is 1.83. The van der Waals surface area contributed by atoms with Crippen molar-refractivity contribution >= 4 is 23.3 Å². The van der Waals surface area contributed by atoms with Gasteiger partial charge in [0.1, 0.15) is 6.10 Å². The van der Waals surface area contributed by atoms with E-state index in [4.69, 9.17) is 9.47 Å². The van der Waals surface area contributed by atoms with E-state index in [2.05, 4.69) is 0 Å². The number of ether oxygens (including phenoxy) is 2. The molecule has 33 heavy (non-hydrogen) atoms. The van der Waals surface area contributed by atoms with Crippen molar-refractivity contribution in [2.45, 2.75) is 44.8 Å². The van der Waals surface area contributed by atoms with Crippen LogP contribution in [0.1, 0.15) is 53.8 Å². The van der Waals surface area contributed by atoms with E-state index in [9.17, 15) is 29.8 Å². The first-order chi connectivity index (χ1) is 15.7. The fraction of sp³-hybridized carbons (Fsp3) is 0.304. The van der Waals surface area contributed by atoms with Crippen molar-refractivity contribution in [1.29, 1.82) is 0 Å². The monoisotopic (exact) mass is 454 g/mol. The Labute approximate surface area is 189 Å². The Morgan fingerprint density at radius 1 is 1.09 bits per heavy atom. The summed E-state index contributed by atoms with van der Waals surface area (Å²) in [7, 11) is 0. The van der Waals surface area contributed by atoms with E-state index in [0.717, 1.165) is 35.7 Å². The zero-order valence-electron chi connectivity index (χ0n) is 17.8. The van der Waals surface area contributed by atoms with E-state index in [-0.39, 0.29) is 18.1 Å². The predicted molar refractivity (Wildman–Crippen MR) is 117 cm³/mol. The van der Waals surface area contributed by atoms with Crippen LogP contribution in [-0.4, -0.2) is 27.9 Å². The molecule has 10 heteroatoms. The van der Waals surface area contributed by atoms with Gasteiger partial charge in [-0.3, -0.25) is 20.2 Å². The number of hydrogen-bond acceptors (Lipinski definition) is 8. The van der Waals surface area contributed by atoms with Gasteiger partial charge in [-0.15, -0.1) is 0 Å². The second-order valence-electron chi connectivity index (χ2n) is 7.62. The molecule has 0 unspecified atom stereocenters. The summed E-state index contributed by atoms with van der Waals surface area (Å²) in [5, 5.41) is 22.3. The lowest BCUT2D eigenvalue weighted by atomic mass is 9.95. The molecule has 2 aromatic carbocycles. The lowest BCUT2D eigenvalue weighted by Crippen LogP contribution is -2.16. The maximum absolute atomic E-state index is 12.9. The first-order valence-electron chi connectivity index (χ1n) is 10.3. The van der Waals surface area contributed by atoms with Crippen molar-refractivity contribution in [1.82, 2.24) is 0 Å². The largest absolute Gasteiger partial charge is 0.460 e. The smallest absolute Gasteiger partial charge is 0.339 e. The number of nitro groups is 2. The number of fused-ring (bicyclic) bond motifs is 1. The van der Waals surface area contributed by atoms with Crippen LogP contribution < -0.4 is 0 Å². The molecular formula is C23H22N2O8. The molecule has 0 N–H and O–H groups in total. The minimum absolute atomic E-state index is 0.142. The van der Waals surface area contributed by atoms with Crippen LogP contribution in [0.3, 0.4) is 0 Å². The predicted octanol–water partition coefficient (Wildman–Crippen LogP) is 4.62. The van der Waals surface area contributed by atoms with E-state index in [1.54, 1.807) is 6.07 Å². The number of hydrogen-bond donors (Lipinski definition) is 0. The molecule has 172 valence electrons. The summed E-state index contributed by atoms with van der Waals surface area (Å²) in [4.78, 5) is 45.5. The number of aryl methyl sites for hydroxylation is 1. The third-order valence-electron chi connectivity index (χ3n) is 5.19. The molecule has 0 spiro atoms. The number of nitro benzene ring substituents is 2. The van der Waals surface area contributed by atoms with Gasteiger partial charge in [-0.25, -0.2) is 9.59 Å². The molecule has 0 amide bonds. The summed E-state index contributed by atoms with van der Waals surface area (Å²) in [6.07, 6.45) is 3.96. The van der Waals surface area contributed by atoms with Gasteiger partial charge in [-0.2, -0.15) is 0 Å². The molecule has 0 saturated heterocycles. The van der Waals surface area contributed by atoms with Gasteiger partial charge in [0.2, 0.25) is 0 Å². The lowest BCUT2D eigenvalue weighted by Gasteiger charge is -2.21.